The zero-order valence-electron chi connectivity index (χ0n) is 18.5. The first kappa shape index (κ1) is 20.1. The van der Waals surface area contributed by atoms with Crippen molar-refractivity contribution in [2.45, 2.75) is 51.1 Å². The van der Waals surface area contributed by atoms with E-state index in [1.165, 1.54) is 6.42 Å². The number of benzene rings is 2. The van der Waals surface area contributed by atoms with E-state index in [0.29, 0.717) is 29.1 Å². The van der Waals surface area contributed by atoms with Gasteiger partial charge in [-0.2, -0.15) is 0 Å². The quantitative estimate of drug-likeness (QED) is 0.647. The van der Waals surface area contributed by atoms with Crippen LogP contribution in [0.1, 0.15) is 45.1 Å². The predicted octanol–water partition coefficient (Wildman–Crippen LogP) is 4.26. The van der Waals surface area contributed by atoms with Crippen LogP contribution in [0.2, 0.25) is 0 Å². The molecule has 0 unspecified atom stereocenters. The van der Waals surface area contributed by atoms with Crippen molar-refractivity contribution >= 4 is 34.5 Å². The largest absolute Gasteiger partial charge is 0.454 e. The number of anilines is 2. The van der Waals surface area contributed by atoms with Crippen molar-refractivity contribution in [2.24, 2.45) is 5.92 Å². The average Bonchev–Trinajstić information content (AvgIpc) is 3.49. The van der Waals surface area contributed by atoms with Gasteiger partial charge in [0.1, 0.15) is 6.04 Å². The van der Waals surface area contributed by atoms with E-state index in [0.717, 1.165) is 30.3 Å². The number of hydrogen-bond donors (Lipinski definition) is 1. The van der Waals surface area contributed by atoms with Gasteiger partial charge in [0.2, 0.25) is 18.6 Å². The third-order valence-electron chi connectivity index (χ3n) is 7.06. The van der Waals surface area contributed by atoms with Crippen LogP contribution >= 0.6 is 0 Å². The zero-order valence-corrected chi connectivity index (χ0v) is 18.5. The van der Waals surface area contributed by atoms with Gasteiger partial charge >= 0.3 is 0 Å². The minimum absolute atomic E-state index is 0.0390. The van der Waals surface area contributed by atoms with Gasteiger partial charge in [0.15, 0.2) is 11.5 Å². The van der Waals surface area contributed by atoms with Crippen molar-refractivity contribution < 1.29 is 19.1 Å². The summed E-state index contributed by atoms with van der Waals surface area (Å²) in [5.74, 6) is 2.06. The molecule has 0 radical (unpaired) electrons. The van der Waals surface area contributed by atoms with Crippen LogP contribution in [-0.2, 0) is 9.59 Å². The average molecular weight is 447 g/mol. The Hall–Kier alpha value is -3.55. The van der Waals surface area contributed by atoms with E-state index in [4.69, 9.17) is 14.5 Å². The molecule has 0 spiro atoms. The third-order valence-corrected chi connectivity index (χ3v) is 7.06. The maximum Gasteiger partial charge on any atom is 0.253 e. The maximum atomic E-state index is 13.7. The summed E-state index contributed by atoms with van der Waals surface area (Å²) in [5, 5.41) is 2.91. The zero-order chi connectivity index (χ0) is 22.5. The van der Waals surface area contributed by atoms with E-state index in [-0.39, 0.29) is 31.1 Å². The molecule has 0 saturated heterocycles. The van der Waals surface area contributed by atoms with Crippen LogP contribution in [0.4, 0.5) is 11.6 Å². The molecule has 6 rings (SSSR count). The molecule has 1 aliphatic carbocycles. The number of rotatable bonds is 4. The van der Waals surface area contributed by atoms with Crippen molar-refractivity contribution in [2.75, 3.05) is 17.0 Å². The molecule has 8 heteroatoms. The second-order valence-electron chi connectivity index (χ2n) is 9.14. The van der Waals surface area contributed by atoms with E-state index in [2.05, 4.69) is 12.2 Å². The summed E-state index contributed by atoms with van der Waals surface area (Å²) in [6.45, 7) is 2.39. The second kappa shape index (κ2) is 7.79. The van der Waals surface area contributed by atoms with Crippen LogP contribution in [0.15, 0.2) is 42.5 Å². The van der Waals surface area contributed by atoms with Crippen LogP contribution < -0.4 is 19.7 Å². The fraction of sp³-hybridized carbons (Fsp3) is 0.400. The van der Waals surface area contributed by atoms with E-state index in [9.17, 15) is 9.59 Å². The molecule has 8 nitrogen and oxygen atoms in total. The van der Waals surface area contributed by atoms with Gasteiger partial charge in [0.05, 0.1) is 17.5 Å². The number of nitrogens with zero attached hydrogens (tertiary/aromatic N) is 3. The van der Waals surface area contributed by atoms with Crippen molar-refractivity contribution in [1.82, 2.24) is 9.55 Å². The fourth-order valence-corrected chi connectivity index (χ4v) is 5.41. The standard InChI is InChI=1S/C25H26N4O4/c1-15-6-2-4-8-18(15)29-24(31)20(28-19-9-5-3-7-17(19)27-25(28)29)13-23(30)26-16-10-11-21-22(12-16)33-14-32-21/h3,5,7,9-12,15,18,20H,2,4,6,8,13-14H2,1H3,(H,26,30)/t15-,18+,20+/m1/s1. The number of carbonyl (C=O) groups excluding carboxylic acids is 2. The van der Waals surface area contributed by atoms with Crippen LogP contribution in [0.3, 0.4) is 0 Å². The van der Waals surface area contributed by atoms with Gasteiger partial charge in [0.25, 0.3) is 5.91 Å². The summed E-state index contributed by atoms with van der Waals surface area (Å²) in [6, 6.07) is 12.6. The second-order valence-corrected chi connectivity index (χ2v) is 9.14. The Morgan fingerprint density at radius 2 is 1.94 bits per heavy atom. The summed E-state index contributed by atoms with van der Waals surface area (Å²) in [7, 11) is 0. The third kappa shape index (κ3) is 3.32. The summed E-state index contributed by atoms with van der Waals surface area (Å²) in [5.41, 5.74) is 2.34. The Bertz CT molecular complexity index is 1250. The lowest BCUT2D eigenvalue weighted by Gasteiger charge is -2.35. The summed E-state index contributed by atoms with van der Waals surface area (Å²) in [6.07, 6.45) is 4.40. The van der Waals surface area contributed by atoms with Crippen LogP contribution in [0.25, 0.3) is 11.0 Å². The molecule has 3 heterocycles. The number of imidazole rings is 1. The van der Waals surface area contributed by atoms with Crippen LogP contribution in [-0.4, -0.2) is 34.2 Å². The van der Waals surface area contributed by atoms with Crippen molar-refractivity contribution in [3.63, 3.8) is 0 Å². The van der Waals surface area contributed by atoms with E-state index >= 15 is 0 Å². The number of ether oxygens (including phenoxy) is 2. The van der Waals surface area contributed by atoms with Crippen LogP contribution in [0, 0.1) is 5.92 Å². The Labute approximate surface area is 191 Å². The first-order valence-electron chi connectivity index (χ1n) is 11.6. The van der Waals surface area contributed by atoms with E-state index in [1.807, 2.05) is 33.7 Å². The highest BCUT2D eigenvalue weighted by atomic mass is 16.7. The van der Waals surface area contributed by atoms with Gasteiger partial charge in [-0.1, -0.05) is 31.9 Å². The minimum Gasteiger partial charge on any atom is -0.454 e. The van der Waals surface area contributed by atoms with Gasteiger partial charge in [-0.3, -0.25) is 19.1 Å². The Morgan fingerprint density at radius 3 is 2.82 bits per heavy atom. The minimum atomic E-state index is -0.615. The molecule has 1 saturated carbocycles. The number of fused-ring (bicyclic) bond motifs is 4. The highest BCUT2D eigenvalue weighted by molar-refractivity contribution is 6.05. The first-order chi connectivity index (χ1) is 16.1. The van der Waals surface area contributed by atoms with Crippen molar-refractivity contribution in [1.29, 1.82) is 0 Å². The monoisotopic (exact) mass is 446 g/mol. The fourth-order valence-electron chi connectivity index (χ4n) is 5.41. The molecular formula is C25H26N4O4. The lowest BCUT2D eigenvalue weighted by molar-refractivity contribution is -0.125. The molecule has 33 heavy (non-hydrogen) atoms. The van der Waals surface area contributed by atoms with Gasteiger partial charge in [-0.05, 0) is 43.0 Å². The lowest BCUT2D eigenvalue weighted by Crippen LogP contribution is -2.44. The summed E-state index contributed by atoms with van der Waals surface area (Å²) in [4.78, 5) is 33.4. The van der Waals surface area contributed by atoms with Gasteiger partial charge in [-0.15, -0.1) is 0 Å². The number of amides is 2. The molecule has 0 bridgehead atoms. The van der Waals surface area contributed by atoms with Crippen molar-refractivity contribution in [3.05, 3.63) is 42.5 Å². The summed E-state index contributed by atoms with van der Waals surface area (Å²) >= 11 is 0. The summed E-state index contributed by atoms with van der Waals surface area (Å²) < 4.78 is 12.7. The molecule has 2 amide bonds. The Kier molecular flexibility index (Phi) is 4.74. The molecule has 3 aliphatic rings. The molecule has 3 atom stereocenters. The number of nitrogens with one attached hydrogen (secondary N) is 1. The lowest BCUT2D eigenvalue weighted by atomic mass is 9.85. The highest BCUT2D eigenvalue weighted by Crippen LogP contribution is 2.41. The Morgan fingerprint density at radius 1 is 1.12 bits per heavy atom. The SMILES string of the molecule is C[C@@H]1CCCC[C@@H]1N1C(=O)[C@H](CC(=O)Nc2ccc3c(c2)OCO3)n2c1nc1ccccc12. The molecule has 2 aliphatic heterocycles. The Balaban J connectivity index is 1.31. The normalized spacial score (nSPS) is 23.7. The van der Waals surface area contributed by atoms with E-state index < -0.39 is 6.04 Å². The number of hydrogen-bond acceptors (Lipinski definition) is 5. The molecule has 1 aromatic heterocycles. The van der Waals surface area contributed by atoms with Crippen molar-refractivity contribution in [3.8, 4) is 11.5 Å². The maximum absolute atomic E-state index is 13.7. The van der Waals surface area contributed by atoms with Crippen LogP contribution in [0.5, 0.6) is 11.5 Å². The number of aromatic nitrogens is 2. The molecule has 170 valence electrons. The number of carbonyl (C=O) groups is 2. The number of para-hydroxylation sites is 2. The molecule has 3 aromatic rings. The van der Waals surface area contributed by atoms with E-state index in [1.54, 1.807) is 18.2 Å². The van der Waals surface area contributed by atoms with Gasteiger partial charge in [-0.25, -0.2) is 4.98 Å². The predicted molar refractivity (Wildman–Crippen MR) is 123 cm³/mol. The molecule has 1 N–H and O–H groups in total. The van der Waals surface area contributed by atoms with Gasteiger partial charge in [0, 0.05) is 17.8 Å². The first-order valence-corrected chi connectivity index (χ1v) is 11.6. The highest BCUT2D eigenvalue weighted by Gasteiger charge is 2.45. The van der Waals surface area contributed by atoms with Gasteiger partial charge < -0.3 is 14.8 Å². The topological polar surface area (TPSA) is 85.7 Å². The molecule has 1 fully saturated rings. The smallest absolute Gasteiger partial charge is 0.253 e. The molecule has 2 aromatic carbocycles. The molecular weight excluding hydrogens is 420 g/mol.